The molecule has 1 heterocycles. The molecule has 0 aromatic heterocycles. The van der Waals surface area contributed by atoms with E-state index in [1.807, 2.05) is 0 Å². The number of benzene rings is 2. The van der Waals surface area contributed by atoms with Crippen molar-refractivity contribution in [1.29, 1.82) is 0 Å². The lowest BCUT2D eigenvalue weighted by atomic mass is 9.99. The maximum absolute atomic E-state index is 14.8. The number of halogens is 4. The Bertz CT molecular complexity index is 1160. The number of rotatable bonds is 11. The van der Waals surface area contributed by atoms with Gasteiger partial charge < -0.3 is 4.74 Å². The minimum Gasteiger partial charge on any atom is -0.493 e. The van der Waals surface area contributed by atoms with Gasteiger partial charge in [-0.05, 0) is 73.9 Å². The first-order valence-corrected chi connectivity index (χ1v) is 14.3. The topological polar surface area (TPSA) is 54.0 Å². The van der Waals surface area contributed by atoms with Gasteiger partial charge in [0, 0.05) is 43.6 Å². The normalized spacial score (nSPS) is 18.0. The number of hydroxylamine groups is 2. The van der Waals surface area contributed by atoms with Gasteiger partial charge in [0.05, 0.1) is 17.9 Å². The number of carbonyl (C=O) groups excluding carboxylic acids is 1. The van der Waals surface area contributed by atoms with Gasteiger partial charge in [-0.3, -0.25) is 13.8 Å². The van der Waals surface area contributed by atoms with Crippen LogP contribution in [-0.4, -0.2) is 43.0 Å². The number of hydrogen-bond donors (Lipinski definition) is 1. The predicted molar refractivity (Wildman–Crippen MR) is 150 cm³/mol. The average molecular weight is 606 g/mol. The Kier molecular flexibility index (Phi) is 10.2. The van der Waals surface area contributed by atoms with Gasteiger partial charge in [0.2, 0.25) is 0 Å². The molecule has 0 spiro atoms. The number of nitrogens with zero attached hydrogens (tertiary/aromatic N) is 2. The van der Waals surface area contributed by atoms with Crippen molar-refractivity contribution in [3.63, 3.8) is 0 Å². The molecule has 1 saturated heterocycles. The molecule has 3 aliphatic rings. The van der Waals surface area contributed by atoms with E-state index in [4.69, 9.17) is 9.02 Å². The van der Waals surface area contributed by atoms with Crippen molar-refractivity contribution in [2.75, 3.05) is 31.0 Å². The van der Waals surface area contributed by atoms with Crippen LogP contribution in [-0.2, 0) is 4.28 Å². The minimum atomic E-state index is -1.51. The van der Waals surface area contributed by atoms with Crippen molar-refractivity contribution in [3.8, 4) is 5.75 Å². The minimum absolute atomic E-state index is 0. The Hall–Kier alpha value is -1.80. The second kappa shape index (κ2) is 13.2. The number of ether oxygens (including phenoxy) is 1. The molecular formula is C26H31F4N3O3S3. The fraction of sp³-hybridized carbons (Fsp3) is 0.500. The van der Waals surface area contributed by atoms with Gasteiger partial charge in [0.25, 0.3) is 5.91 Å². The monoisotopic (exact) mass is 605 g/mol. The van der Waals surface area contributed by atoms with Crippen molar-refractivity contribution in [2.24, 2.45) is 5.92 Å². The summed E-state index contributed by atoms with van der Waals surface area (Å²) >= 11 is 2.26. The maximum Gasteiger partial charge on any atom is 0.264 e. The molecule has 39 heavy (non-hydrogen) atoms. The van der Waals surface area contributed by atoms with Crippen molar-refractivity contribution in [1.82, 2.24) is 9.79 Å². The molecule has 0 unspecified atom stereocenters. The van der Waals surface area contributed by atoms with Crippen molar-refractivity contribution >= 4 is 49.3 Å². The Morgan fingerprint density at radius 1 is 1.00 bits per heavy atom. The molecule has 2 aliphatic carbocycles. The van der Waals surface area contributed by atoms with Gasteiger partial charge in [0.15, 0.2) is 17.5 Å². The Labute approximate surface area is 241 Å². The highest BCUT2D eigenvalue weighted by atomic mass is 32.2. The first-order chi connectivity index (χ1) is 18.3. The van der Waals surface area contributed by atoms with E-state index < -0.39 is 29.2 Å². The van der Waals surface area contributed by atoms with Crippen LogP contribution < -0.4 is 13.8 Å². The zero-order valence-electron chi connectivity index (χ0n) is 21.4. The first-order valence-electron chi connectivity index (χ1n) is 12.7. The summed E-state index contributed by atoms with van der Waals surface area (Å²) in [5.41, 5.74) is 1.09. The summed E-state index contributed by atoms with van der Waals surface area (Å²) in [4.78, 5) is 12.5. The highest BCUT2D eigenvalue weighted by molar-refractivity contribution is 7.98. The van der Waals surface area contributed by atoms with E-state index in [9.17, 15) is 22.4 Å². The maximum atomic E-state index is 14.8. The molecule has 0 bridgehead atoms. The standard InChI is InChI=1S/C26H29F4N3O3S2.H2S/c1-32(17-10-22(28)25(30)23(29)11-17)38-36-33-8-6-15(7-9-33)14-35-24-13-21(27)20(12-19(24)16-2-3-16)26(34)31-37-18-4-5-18;/h10-13,15-16,18H,2-9,14H2,1H3,(H,31,34);1H2. The van der Waals surface area contributed by atoms with Crippen LogP contribution in [0.5, 0.6) is 5.75 Å². The Morgan fingerprint density at radius 3 is 2.28 bits per heavy atom. The van der Waals surface area contributed by atoms with Crippen LogP contribution >= 0.6 is 37.7 Å². The van der Waals surface area contributed by atoms with Crippen LogP contribution in [0.25, 0.3) is 0 Å². The summed E-state index contributed by atoms with van der Waals surface area (Å²) in [7, 11) is 1.56. The second-order valence-corrected chi connectivity index (χ2v) is 11.9. The third kappa shape index (κ3) is 7.90. The van der Waals surface area contributed by atoms with Gasteiger partial charge >= 0.3 is 0 Å². The van der Waals surface area contributed by atoms with Gasteiger partial charge in [-0.2, -0.15) is 18.6 Å². The first kappa shape index (κ1) is 30.2. The second-order valence-electron chi connectivity index (χ2n) is 9.95. The molecular weight excluding hydrogens is 574 g/mol. The number of amides is 1. The van der Waals surface area contributed by atoms with Gasteiger partial charge in [-0.15, -0.1) is 0 Å². The van der Waals surface area contributed by atoms with E-state index in [0.717, 1.165) is 68.4 Å². The Balaban J connectivity index is 0.00000353. The van der Waals surface area contributed by atoms with Gasteiger partial charge in [-0.25, -0.2) is 21.8 Å². The fourth-order valence-corrected chi connectivity index (χ4v) is 5.47. The molecule has 1 N–H and O–H groups in total. The molecule has 1 aliphatic heterocycles. The van der Waals surface area contributed by atoms with Gasteiger partial charge in [-0.1, -0.05) is 0 Å². The summed E-state index contributed by atoms with van der Waals surface area (Å²) in [5, 5.41) is 2.18. The summed E-state index contributed by atoms with van der Waals surface area (Å²) < 4.78 is 70.9. The summed E-state index contributed by atoms with van der Waals surface area (Å²) in [6.07, 6.45) is 5.71. The predicted octanol–water partition coefficient (Wildman–Crippen LogP) is 6.50. The lowest BCUT2D eigenvalue weighted by molar-refractivity contribution is -0.0669. The molecule has 2 aromatic carbocycles. The molecule has 1 amide bonds. The molecule has 214 valence electrons. The van der Waals surface area contributed by atoms with Crippen molar-refractivity contribution in [3.05, 3.63) is 58.7 Å². The van der Waals surface area contributed by atoms with Crippen LogP contribution in [0.3, 0.4) is 0 Å². The lowest BCUT2D eigenvalue weighted by Gasteiger charge is -2.31. The van der Waals surface area contributed by atoms with E-state index in [0.29, 0.717) is 36.6 Å². The Morgan fingerprint density at radius 2 is 1.67 bits per heavy atom. The van der Waals surface area contributed by atoms with Crippen molar-refractivity contribution in [2.45, 2.75) is 49.7 Å². The fourth-order valence-electron chi connectivity index (χ4n) is 4.18. The number of anilines is 1. The molecule has 0 atom stereocenters. The van der Waals surface area contributed by atoms with Crippen molar-refractivity contribution < 1.29 is 31.4 Å². The smallest absolute Gasteiger partial charge is 0.264 e. The van der Waals surface area contributed by atoms with Crippen LogP contribution in [0.2, 0.25) is 0 Å². The number of nitrogens with one attached hydrogen (secondary N) is 1. The zero-order chi connectivity index (χ0) is 26.8. The number of hydrogen-bond acceptors (Lipinski definition) is 7. The molecule has 6 nitrogen and oxygen atoms in total. The highest BCUT2D eigenvalue weighted by Crippen LogP contribution is 2.45. The van der Waals surface area contributed by atoms with Crippen LogP contribution in [0.1, 0.15) is 60.4 Å². The third-order valence-electron chi connectivity index (χ3n) is 6.83. The molecule has 3 fully saturated rings. The number of carbonyl (C=O) groups is 1. The van der Waals surface area contributed by atoms with E-state index in [1.165, 1.54) is 22.3 Å². The summed E-state index contributed by atoms with van der Waals surface area (Å²) in [6, 6.07) is 4.80. The largest absolute Gasteiger partial charge is 0.493 e. The SMILES string of the molecule is CN(SON1CCC(COc2cc(F)c(C(=O)NSC3CC3)cc2C2CC2)CC1)c1cc(F)c(F)c(F)c1.S. The molecule has 0 radical (unpaired) electrons. The van der Waals surface area contributed by atoms with Crippen LogP contribution in [0.15, 0.2) is 24.3 Å². The summed E-state index contributed by atoms with van der Waals surface area (Å²) in [6.45, 7) is 1.66. The van der Waals surface area contributed by atoms with Gasteiger partial charge in [0.1, 0.15) is 23.8 Å². The van der Waals surface area contributed by atoms with Crippen LogP contribution in [0.4, 0.5) is 23.2 Å². The molecule has 2 aromatic rings. The molecule has 5 rings (SSSR count). The van der Waals surface area contributed by atoms with E-state index in [-0.39, 0.29) is 30.7 Å². The summed E-state index contributed by atoms with van der Waals surface area (Å²) in [5.74, 6) is -3.97. The van der Waals surface area contributed by atoms with Crippen LogP contribution in [0, 0.1) is 29.2 Å². The number of piperidine rings is 1. The van der Waals surface area contributed by atoms with E-state index in [1.54, 1.807) is 18.2 Å². The highest BCUT2D eigenvalue weighted by Gasteiger charge is 2.31. The van der Waals surface area contributed by atoms with E-state index in [2.05, 4.69) is 4.72 Å². The van der Waals surface area contributed by atoms with E-state index >= 15 is 0 Å². The lowest BCUT2D eigenvalue weighted by Crippen LogP contribution is -2.35. The quantitative estimate of drug-likeness (QED) is 0.136. The third-order valence-corrected chi connectivity index (χ3v) is 8.65. The zero-order valence-corrected chi connectivity index (χ0v) is 24.0. The molecule has 13 heteroatoms. The molecule has 2 saturated carbocycles. The average Bonchev–Trinajstić information content (AvgIpc) is 3.82.